The van der Waals surface area contributed by atoms with Crippen LogP contribution in [0.4, 0.5) is 0 Å². The molecule has 2 aromatic heterocycles. The molecule has 1 N–H and O–H groups in total. The maximum Gasteiger partial charge on any atom is 0.102 e. The van der Waals surface area contributed by atoms with Crippen LogP contribution in [0.1, 0.15) is 17.5 Å². The highest BCUT2D eigenvalue weighted by molar-refractivity contribution is 5.84. The summed E-state index contributed by atoms with van der Waals surface area (Å²) in [5.74, 6) is 0. The van der Waals surface area contributed by atoms with Crippen LogP contribution in [0.25, 0.3) is 10.8 Å². The lowest BCUT2D eigenvalue weighted by Gasteiger charge is -2.12. The van der Waals surface area contributed by atoms with Crippen molar-refractivity contribution in [3.05, 3.63) is 72.3 Å². The van der Waals surface area contributed by atoms with Crippen molar-refractivity contribution in [3.63, 3.8) is 0 Å². The maximum atomic E-state index is 10.4. The summed E-state index contributed by atoms with van der Waals surface area (Å²) in [7, 11) is 0. The van der Waals surface area contributed by atoms with Gasteiger partial charge in [0, 0.05) is 29.9 Å². The van der Waals surface area contributed by atoms with Crippen LogP contribution in [0.5, 0.6) is 0 Å². The third-order valence-corrected chi connectivity index (χ3v) is 3.15. The van der Waals surface area contributed by atoms with E-state index in [4.69, 9.17) is 0 Å². The van der Waals surface area contributed by atoms with Crippen LogP contribution in [0.15, 0.2) is 60.9 Å². The molecule has 0 fully saturated rings. The number of nitrogens with zero attached hydrogens (tertiary/aromatic N) is 2. The van der Waals surface area contributed by atoms with Gasteiger partial charge in [0.15, 0.2) is 0 Å². The molecule has 0 saturated carbocycles. The highest BCUT2D eigenvalue weighted by Crippen LogP contribution is 2.23. The molecule has 3 nitrogen and oxygen atoms in total. The Morgan fingerprint density at radius 2 is 1.74 bits per heavy atom. The minimum absolute atomic E-state index is 0.474. The van der Waals surface area contributed by atoms with Crippen LogP contribution in [0, 0.1) is 0 Å². The number of hydrogen-bond donors (Lipinski definition) is 1. The minimum atomic E-state index is -0.638. The molecule has 1 aromatic carbocycles. The van der Waals surface area contributed by atoms with E-state index in [9.17, 15) is 5.11 Å². The molecule has 0 amide bonds. The van der Waals surface area contributed by atoms with Crippen molar-refractivity contribution in [1.82, 2.24) is 9.97 Å². The van der Waals surface area contributed by atoms with Crippen molar-refractivity contribution in [1.29, 1.82) is 0 Å². The first kappa shape index (κ1) is 11.8. The molecule has 94 valence electrons. The highest BCUT2D eigenvalue weighted by Gasteiger charge is 2.13. The van der Waals surface area contributed by atoms with Crippen LogP contribution in [0.2, 0.25) is 0 Å². The molecule has 3 rings (SSSR count). The number of aromatic nitrogens is 2. The second-order valence-electron chi connectivity index (χ2n) is 4.46. The molecule has 0 bridgehead atoms. The van der Waals surface area contributed by atoms with Crippen LogP contribution < -0.4 is 0 Å². The van der Waals surface area contributed by atoms with Gasteiger partial charge in [0.2, 0.25) is 0 Å². The van der Waals surface area contributed by atoms with Gasteiger partial charge in [0.1, 0.15) is 6.10 Å². The molecule has 0 aliphatic heterocycles. The molecular formula is C16H14N2O. The predicted molar refractivity (Wildman–Crippen MR) is 74.6 cm³/mol. The molecule has 1 unspecified atom stereocenters. The fraction of sp³-hybridized carbons (Fsp3) is 0.125. The van der Waals surface area contributed by atoms with Gasteiger partial charge in [-0.05, 0) is 23.6 Å². The molecular weight excluding hydrogens is 236 g/mol. The molecule has 1 atom stereocenters. The zero-order valence-corrected chi connectivity index (χ0v) is 10.4. The molecule has 0 saturated heterocycles. The Hall–Kier alpha value is -2.26. The molecule has 3 heteroatoms. The van der Waals surface area contributed by atoms with E-state index in [-0.39, 0.29) is 0 Å². The number of fused-ring (bicyclic) bond motifs is 1. The SMILES string of the molecule is OC(Cc1ccccn1)c1nccc2ccccc12. The molecule has 19 heavy (non-hydrogen) atoms. The maximum absolute atomic E-state index is 10.4. The van der Waals surface area contributed by atoms with Gasteiger partial charge in [0.25, 0.3) is 0 Å². The summed E-state index contributed by atoms with van der Waals surface area (Å²) in [6.45, 7) is 0. The van der Waals surface area contributed by atoms with E-state index in [0.29, 0.717) is 12.1 Å². The number of rotatable bonds is 3. The Bertz CT molecular complexity index is 677. The topological polar surface area (TPSA) is 46.0 Å². The number of aliphatic hydroxyl groups is 1. The van der Waals surface area contributed by atoms with Gasteiger partial charge < -0.3 is 5.11 Å². The Labute approximate surface area is 111 Å². The predicted octanol–water partition coefficient (Wildman–Crippen LogP) is 2.91. The summed E-state index contributed by atoms with van der Waals surface area (Å²) >= 11 is 0. The van der Waals surface area contributed by atoms with Gasteiger partial charge in [-0.3, -0.25) is 9.97 Å². The summed E-state index contributed by atoms with van der Waals surface area (Å²) in [6.07, 6.45) is 3.31. The van der Waals surface area contributed by atoms with E-state index in [1.165, 1.54) is 0 Å². The second-order valence-corrected chi connectivity index (χ2v) is 4.46. The largest absolute Gasteiger partial charge is 0.386 e. The normalized spacial score (nSPS) is 12.5. The van der Waals surface area contributed by atoms with Gasteiger partial charge in [-0.2, -0.15) is 0 Å². The number of aliphatic hydroxyl groups excluding tert-OH is 1. The van der Waals surface area contributed by atoms with E-state index in [1.54, 1.807) is 12.4 Å². The minimum Gasteiger partial charge on any atom is -0.386 e. The van der Waals surface area contributed by atoms with Crippen molar-refractivity contribution in [3.8, 4) is 0 Å². The van der Waals surface area contributed by atoms with E-state index in [0.717, 1.165) is 16.5 Å². The fourth-order valence-corrected chi connectivity index (χ4v) is 2.22. The Morgan fingerprint density at radius 3 is 2.58 bits per heavy atom. The Balaban J connectivity index is 1.96. The van der Waals surface area contributed by atoms with Crippen LogP contribution in [-0.4, -0.2) is 15.1 Å². The molecule has 0 aliphatic rings. The van der Waals surface area contributed by atoms with Crippen LogP contribution in [-0.2, 0) is 6.42 Å². The van der Waals surface area contributed by atoms with Crippen molar-refractivity contribution in [2.75, 3.05) is 0 Å². The summed E-state index contributed by atoms with van der Waals surface area (Å²) in [6, 6.07) is 15.6. The highest BCUT2D eigenvalue weighted by atomic mass is 16.3. The van der Waals surface area contributed by atoms with Gasteiger partial charge in [-0.25, -0.2) is 0 Å². The van der Waals surface area contributed by atoms with Gasteiger partial charge >= 0.3 is 0 Å². The first-order valence-electron chi connectivity index (χ1n) is 6.26. The van der Waals surface area contributed by atoms with Crippen molar-refractivity contribution >= 4 is 10.8 Å². The average molecular weight is 250 g/mol. The third kappa shape index (κ3) is 2.46. The quantitative estimate of drug-likeness (QED) is 0.777. The smallest absolute Gasteiger partial charge is 0.102 e. The first-order chi connectivity index (χ1) is 9.34. The lowest BCUT2D eigenvalue weighted by atomic mass is 10.0. The summed E-state index contributed by atoms with van der Waals surface area (Å²) < 4.78 is 0. The zero-order chi connectivity index (χ0) is 13.1. The Morgan fingerprint density at radius 1 is 0.895 bits per heavy atom. The van der Waals surface area contributed by atoms with E-state index < -0.39 is 6.10 Å². The zero-order valence-electron chi connectivity index (χ0n) is 10.4. The van der Waals surface area contributed by atoms with Crippen LogP contribution in [0.3, 0.4) is 0 Å². The Kier molecular flexibility index (Phi) is 3.21. The van der Waals surface area contributed by atoms with Gasteiger partial charge in [-0.1, -0.05) is 30.3 Å². The van der Waals surface area contributed by atoms with Crippen LogP contribution >= 0.6 is 0 Å². The first-order valence-corrected chi connectivity index (χ1v) is 6.26. The summed E-state index contributed by atoms with van der Waals surface area (Å²) in [5, 5.41) is 12.5. The van der Waals surface area contributed by atoms with Gasteiger partial charge in [-0.15, -0.1) is 0 Å². The van der Waals surface area contributed by atoms with Gasteiger partial charge in [0.05, 0.1) is 5.69 Å². The molecule has 2 heterocycles. The lowest BCUT2D eigenvalue weighted by Crippen LogP contribution is -2.06. The third-order valence-electron chi connectivity index (χ3n) is 3.15. The van der Waals surface area contributed by atoms with E-state index in [1.807, 2.05) is 48.5 Å². The standard InChI is InChI=1S/C16H14N2O/c19-15(11-13-6-3-4-9-17-13)16-14-7-2-1-5-12(14)8-10-18-16/h1-10,15,19H,11H2. The van der Waals surface area contributed by atoms with Crippen molar-refractivity contribution < 1.29 is 5.11 Å². The average Bonchev–Trinajstić information content (AvgIpc) is 2.47. The number of benzene rings is 1. The summed E-state index contributed by atoms with van der Waals surface area (Å²) in [4.78, 5) is 8.56. The fourth-order valence-electron chi connectivity index (χ4n) is 2.22. The monoisotopic (exact) mass is 250 g/mol. The molecule has 3 aromatic rings. The summed E-state index contributed by atoms with van der Waals surface area (Å²) in [5.41, 5.74) is 1.58. The van der Waals surface area contributed by atoms with Crippen molar-refractivity contribution in [2.24, 2.45) is 0 Å². The van der Waals surface area contributed by atoms with E-state index in [2.05, 4.69) is 9.97 Å². The second kappa shape index (κ2) is 5.16. The molecule has 0 aliphatic carbocycles. The molecule has 0 radical (unpaired) electrons. The number of hydrogen-bond acceptors (Lipinski definition) is 3. The molecule has 0 spiro atoms. The van der Waals surface area contributed by atoms with E-state index >= 15 is 0 Å². The number of pyridine rings is 2. The lowest BCUT2D eigenvalue weighted by molar-refractivity contribution is 0.174. The van der Waals surface area contributed by atoms with Crippen molar-refractivity contribution in [2.45, 2.75) is 12.5 Å².